The van der Waals surface area contributed by atoms with E-state index in [1.807, 2.05) is 6.07 Å². The fraction of sp³-hybridized carbons (Fsp3) is 0.500. The van der Waals surface area contributed by atoms with Crippen LogP contribution in [0.25, 0.3) is 0 Å². The third-order valence-electron chi connectivity index (χ3n) is 2.01. The van der Waals surface area contributed by atoms with Gasteiger partial charge in [-0.2, -0.15) is 0 Å². The van der Waals surface area contributed by atoms with Gasteiger partial charge in [-0.05, 0) is 40.3 Å². The Balaban J connectivity index is 2.07. The molecule has 0 radical (unpaired) electrons. The Labute approximate surface area is 102 Å². The number of halogens is 1. The maximum Gasteiger partial charge on any atom is 0.219 e. The van der Waals surface area contributed by atoms with Crippen molar-refractivity contribution in [1.29, 1.82) is 0 Å². The van der Waals surface area contributed by atoms with Crippen LogP contribution in [0.3, 0.4) is 0 Å². The van der Waals surface area contributed by atoms with Crippen LogP contribution in [0.2, 0.25) is 0 Å². The molecular weight excluding hydrogens is 276 g/mol. The zero-order valence-electron chi connectivity index (χ0n) is 8.68. The SMILES string of the molecule is CNC(=O)CCCNCc1sccc1Br. The smallest absolute Gasteiger partial charge is 0.219 e. The van der Waals surface area contributed by atoms with Crippen LogP contribution in [0.5, 0.6) is 0 Å². The van der Waals surface area contributed by atoms with E-state index in [1.54, 1.807) is 18.4 Å². The fourth-order valence-corrected chi connectivity index (χ4v) is 2.61. The second kappa shape index (κ2) is 6.98. The molecule has 0 aliphatic carbocycles. The van der Waals surface area contributed by atoms with Crippen molar-refractivity contribution in [3.8, 4) is 0 Å². The van der Waals surface area contributed by atoms with Gasteiger partial charge in [0.2, 0.25) is 5.91 Å². The average Bonchev–Trinajstić information content (AvgIpc) is 2.63. The highest BCUT2D eigenvalue weighted by Crippen LogP contribution is 2.21. The van der Waals surface area contributed by atoms with Gasteiger partial charge in [-0.1, -0.05) is 0 Å². The summed E-state index contributed by atoms with van der Waals surface area (Å²) in [6.45, 7) is 1.74. The third kappa shape index (κ3) is 4.77. The lowest BCUT2D eigenvalue weighted by atomic mass is 10.3. The molecule has 0 spiro atoms. The maximum absolute atomic E-state index is 10.9. The van der Waals surface area contributed by atoms with Crippen molar-refractivity contribution < 1.29 is 4.79 Å². The van der Waals surface area contributed by atoms with Gasteiger partial charge in [0.25, 0.3) is 0 Å². The summed E-state index contributed by atoms with van der Waals surface area (Å²) in [5.41, 5.74) is 0. The highest BCUT2D eigenvalue weighted by molar-refractivity contribution is 9.10. The molecule has 0 bridgehead atoms. The Kier molecular flexibility index (Phi) is 5.90. The molecule has 1 heterocycles. The first-order chi connectivity index (χ1) is 7.24. The van der Waals surface area contributed by atoms with E-state index < -0.39 is 0 Å². The molecule has 3 nitrogen and oxygen atoms in total. The van der Waals surface area contributed by atoms with Crippen LogP contribution in [0.1, 0.15) is 17.7 Å². The molecule has 0 unspecified atom stereocenters. The number of nitrogens with one attached hydrogen (secondary N) is 2. The molecule has 0 aromatic carbocycles. The monoisotopic (exact) mass is 290 g/mol. The van der Waals surface area contributed by atoms with Crippen LogP contribution in [-0.4, -0.2) is 19.5 Å². The van der Waals surface area contributed by atoms with Gasteiger partial charge in [-0.25, -0.2) is 0 Å². The van der Waals surface area contributed by atoms with Gasteiger partial charge in [0, 0.05) is 29.4 Å². The van der Waals surface area contributed by atoms with Crippen LogP contribution in [0.15, 0.2) is 15.9 Å². The van der Waals surface area contributed by atoms with E-state index in [0.717, 1.165) is 24.0 Å². The Morgan fingerprint density at radius 2 is 2.40 bits per heavy atom. The summed E-state index contributed by atoms with van der Waals surface area (Å²) in [5, 5.41) is 7.98. The topological polar surface area (TPSA) is 41.1 Å². The van der Waals surface area contributed by atoms with Crippen molar-refractivity contribution in [2.45, 2.75) is 19.4 Å². The first-order valence-electron chi connectivity index (χ1n) is 4.87. The predicted octanol–water partition coefficient (Wildman–Crippen LogP) is 2.13. The van der Waals surface area contributed by atoms with Gasteiger partial charge in [0.05, 0.1) is 0 Å². The predicted molar refractivity (Wildman–Crippen MR) is 67.0 cm³/mol. The number of carbonyl (C=O) groups excluding carboxylic acids is 1. The number of hydrogen-bond acceptors (Lipinski definition) is 3. The molecule has 0 saturated carbocycles. The highest BCUT2D eigenvalue weighted by Gasteiger charge is 2.00. The van der Waals surface area contributed by atoms with E-state index in [2.05, 4.69) is 31.9 Å². The summed E-state index contributed by atoms with van der Waals surface area (Å²) in [6, 6.07) is 2.05. The minimum atomic E-state index is 0.106. The molecule has 5 heteroatoms. The summed E-state index contributed by atoms with van der Waals surface area (Å²) >= 11 is 5.21. The molecule has 15 heavy (non-hydrogen) atoms. The largest absolute Gasteiger partial charge is 0.359 e. The summed E-state index contributed by atoms with van der Waals surface area (Å²) in [6.07, 6.45) is 1.47. The number of carbonyl (C=O) groups is 1. The molecule has 0 aliphatic rings. The van der Waals surface area contributed by atoms with E-state index in [9.17, 15) is 4.79 Å². The minimum absolute atomic E-state index is 0.106. The summed E-state index contributed by atoms with van der Waals surface area (Å²) < 4.78 is 1.16. The first-order valence-corrected chi connectivity index (χ1v) is 6.54. The maximum atomic E-state index is 10.9. The summed E-state index contributed by atoms with van der Waals surface area (Å²) in [7, 11) is 1.67. The van der Waals surface area contributed by atoms with E-state index in [0.29, 0.717) is 6.42 Å². The zero-order chi connectivity index (χ0) is 11.1. The minimum Gasteiger partial charge on any atom is -0.359 e. The van der Waals surface area contributed by atoms with Crippen LogP contribution in [0.4, 0.5) is 0 Å². The van der Waals surface area contributed by atoms with Crippen molar-refractivity contribution in [3.05, 3.63) is 20.8 Å². The second-order valence-electron chi connectivity index (χ2n) is 3.15. The third-order valence-corrected chi connectivity index (χ3v) is 3.94. The lowest BCUT2D eigenvalue weighted by Crippen LogP contribution is -2.20. The molecule has 0 saturated heterocycles. The normalized spacial score (nSPS) is 10.3. The second-order valence-corrected chi connectivity index (χ2v) is 5.00. The molecule has 84 valence electrons. The molecule has 0 aliphatic heterocycles. The lowest BCUT2D eigenvalue weighted by Gasteiger charge is -2.03. The van der Waals surface area contributed by atoms with Crippen LogP contribution in [0, 0.1) is 0 Å². The highest BCUT2D eigenvalue weighted by atomic mass is 79.9. The molecule has 1 amide bonds. The molecular formula is C10H15BrN2OS. The first kappa shape index (κ1) is 12.7. The quantitative estimate of drug-likeness (QED) is 0.788. The molecule has 0 fully saturated rings. The molecule has 2 N–H and O–H groups in total. The summed E-state index contributed by atoms with van der Waals surface area (Å²) in [4.78, 5) is 12.2. The van der Waals surface area contributed by atoms with Gasteiger partial charge < -0.3 is 10.6 Å². The van der Waals surface area contributed by atoms with Crippen molar-refractivity contribution in [2.24, 2.45) is 0 Å². The van der Waals surface area contributed by atoms with Gasteiger partial charge in [0.15, 0.2) is 0 Å². The van der Waals surface area contributed by atoms with Crippen LogP contribution < -0.4 is 10.6 Å². The number of hydrogen-bond donors (Lipinski definition) is 2. The average molecular weight is 291 g/mol. The Morgan fingerprint density at radius 3 is 3.00 bits per heavy atom. The summed E-state index contributed by atoms with van der Waals surface area (Å²) in [5.74, 6) is 0.106. The number of amides is 1. The van der Waals surface area contributed by atoms with Crippen LogP contribution in [-0.2, 0) is 11.3 Å². The van der Waals surface area contributed by atoms with E-state index in [-0.39, 0.29) is 5.91 Å². The Hall–Kier alpha value is -0.390. The van der Waals surface area contributed by atoms with Gasteiger partial charge in [-0.15, -0.1) is 11.3 Å². The van der Waals surface area contributed by atoms with Crippen molar-refractivity contribution >= 4 is 33.2 Å². The number of rotatable bonds is 6. The fourth-order valence-electron chi connectivity index (χ4n) is 1.15. The van der Waals surface area contributed by atoms with Crippen LogP contribution >= 0.6 is 27.3 Å². The molecule has 1 aromatic heterocycles. The zero-order valence-corrected chi connectivity index (χ0v) is 11.1. The Morgan fingerprint density at radius 1 is 1.60 bits per heavy atom. The Bertz CT molecular complexity index is 314. The number of thiophene rings is 1. The van der Waals surface area contributed by atoms with Gasteiger partial charge in [-0.3, -0.25) is 4.79 Å². The van der Waals surface area contributed by atoms with E-state index >= 15 is 0 Å². The van der Waals surface area contributed by atoms with E-state index in [4.69, 9.17) is 0 Å². The molecule has 0 atom stereocenters. The van der Waals surface area contributed by atoms with Crippen molar-refractivity contribution in [2.75, 3.05) is 13.6 Å². The standard InChI is InChI=1S/C10H15BrN2OS/c1-12-10(14)3-2-5-13-7-9-8(11)4-6-15-9/h4,6,13H,2-3,5,7H2,1H3,(H,12,14). The van der Waals surface area contributed by atoms with Crippen molar-refractivity contribution in [3.63, 3.8) is 0 Å². The lowest BCUT2D eigenvalue weighted by molar-refractivity contribution is -0.120. The van der Waals surface area contributed by atoms with Gasteiger partial charge >= 0.3 is 0 Å². The molecule has 1 rings (SSSR count). The molecule has 1 aromatic rings. The van der Waals surface area contributed by atoms with Crippen molar-refractivity contribution in [1.82, 2.24) is 10.6 Å². The van der Waals surface area contributed by atoms with Gasteiger partial charge in [0.1, 0.15) is 0 Å². The van der Waals surface area contributed by atoms with E-state index in [1.165, 1.54) is 4.88 Å².